The predicted octanol–water partition coefficient (Wildman–Crippen LogP) is 3.11. The highest BCUT2D eigenvalue weighted by molar-refractivity contribution is 7.89. The molecule has 0 aliphatic carbocycles. The molecule has 152 valence electrons. The second-order valence-electron chi connectivity index (χ2n) is 6.14. The molecular formula is C19H18ClN3O5S. The first kappa shape index (κ1) is 21.0. The Labute approximate surface area is 172 Å². The van der Waals surface area contributed by atoms with Crippen LogP contribution in [0.15, 0.2) is 57.9 Å². The van der Waals surface area contributed by atoms with E-state index in [-0.39, 0.29) is 30.4 Å². The van der Waals surface area contributed by atoms with Gasteiger partial charge in [0, 0.05) is 17.1 Å². The van der Waals surface area contributed by atoms with Gasteiger partial charge in [-0.05, 0) is 25.1 Å². The summed E-state index contributed by atoms with van der Waals surface area (Å²) in [6.07, 6.45) is -0.154. The number of halogens is 1. The van der Waals surface area contributed by atoms with Crippen molar-refractivity contribution in [2.75, 3.05) is 6.54 Å². The highest BCUT2D eigenvalue weighted by atomic mass is 35.5. The van der Waals surface area contributed by atoms with E-state index in [1.54, 1.807) is 6.07 Å². The molecule has 1 aromatic heterocycles. The lowest BCUT2D eigenvalue weighted by atomic mass is 10.1. The molecular weight excluding hydrogens is 418 g/mol. The van der Waals surface area contributed by atoms with Crippen LogP contribution < -0.4 is 4.72 Å². The maximum Gasteiger partial charge on any atom is 0.307 e. The number of aromatic nitrogens is 2. The summed E-state index contributed by atoms with van der Waals surface area (Å²) in [4.78, 5) is 16.0. The van der Waals surface area contributed by atoms with Crippen molar-refractivity contribution in [3.63, 3.8) is 0 Å². The maximum absolute atomic E-state index is 12.1. The van der Waals surface area contributed by atoms with Crippen LogP contribution in [0.5, 0.6) is 0 Å². The number of esters is 1. The molecule has 3 rings (SSSR count). The van der Waals surface area contributed by atoms with Crippen LogP contribution in [-0.4, -0.2) is 31.1 Å². The number of ether oxygens (including phenoxy) is 1. The van der Waals surface area contributed by atoms with Crippen molar-refractivity contribution in [1.82, 2.24) is 14.9 Å². The molecule has 0 atom stereocenters. The topological polar surface area (TPSA) is 111 Å². The Morgan fingerprint density at radius 1 is 1.21 bits per heavy atom. The Morgan fingerprint density at radius 2 is 1.97 bits per heavy atom. The molecule has 0 spiro atoms. The monoisotopic (exact) mass is 435 g/mol. The van der Waals surface area contributed by atoms with Gasteiger partial charge >= 0.3 is 5.97 Å². The molecule has 0 bridgehead atoms. The van der Waals surface area contributed by atoms with Gasteiger partial charge in [-0.25, -0.2) is 13.1 Å². The Balaban J connectivity index is 1.46. The van der Waals surface area contributed by atoms with E-state index in [0.29, 0.717) is 10.8 Å². The summed E-state index contributed by atoms with van der Waals surface area (Å²) in [5, 5.41) is 4.15. The minimum Gasteiger partial charge on any atom is -0.456 e. The third-order valence-electron chi connectivity index (χ3n) is 3.86. The first-order valence-electron chi connectivity index (χ1n) is 8.64. The second-order valence-corrected chi connectivity index (χ2v) is 8.35. The van der Waals surface area contributed by atoms with Crippen molar-refractivity contribution in [2.24, 2.45) is 0 Å². The van der Waals surface area contributed by atoms with E-state index in [9.17, 15) is 13.2 Å². The average Bonchev–Trinajstić information content (AvgIpc) is 3.16. The lowest BCUT2D eigenvalue weighted by Gasteiger charge is -2.07. The summed E-state index contributed by atoms with van der Waals surface area (Å²) in [6, 6.07) is 13.4. The molecule has 10 heteroatoms. The van der Waals surface area contributed by atoms with Crippen LogP contribution in [0.4, 0.5) is 0 Å². The quantitative estimate of drug-likeness (QED) is 0.541. The van der Waals surface area contributed by atoms with Crippen LogP contribution in [0.2, 0.25) is 5.02 Å². The normalized spacial score (nSPS) is 11.4. The molecule has 0 saturated carbocycles. The number of carbonyl (C=O) groups excluding carboxylic acids is 1. The van der Waals surface area contributed by atoms with E-state index < -0.39 is 16.0 Å². The van der Waals surface area contributed by atoms with Gasteiger partial charge in [0.2, 0.25) is 15.8 Å². The zero-order chi connectivity index (χ0) is 20.9. The standard InChI is InChI=1S/C19H18ClN3O5S/c1-13-5-7-14(8-6-13)19-22-17(28-23-19)12-27-18(24)9-10-21-29(25,26)16-4-2-3-15(20)11-16/h2-8,11,21H,9-10,12H2,1H3. The first-order chi connectivity index (χ1) is 13.8. The Morgan fingerprint density at radius 3 is 2.69 bits per heavy atom. The van der Waals surface area contributed by atoms with E-state index in [2.05, 4.69) is 14.9 Å². The maximum atomic E-state index is 12.1. The van der Waals surface area contributed by atoms with Crippen molar-refractivity contribution < 1.29 is 22.5 Å². The van der Waals surface area contributed by atoms with E-state index in [1.807, 2.05) is 31.2 Å². The lowest BCUT2D eigenvalue weighted by molar-refractivity contribution is -0.145. The first-order valence-corrected chi connectivity index (χ1v) is 10.5. The number of hydrogen-bond acceptors (Lipinski definition) is 7. The van der Waals surface area contributed by atoms with Crippen molar-refractivity contribution in [3.8, 4) is 11.4 Å². The van der Waals surface area contributed by atoms with Crippen LogP contribution in [0.1, 0.15) is 17.9 Å². The Kier molecular flexibility index (Phi) is 6.63. The largest absolute Gasteiger partial charge is 0.456 e. The third-order valence-corrected chi connectivity index (χ3v) is 5.56. The molecule has 1 N–H and O–H groups in total. The average molecular weight is 436 g/mol. The minimum absolute atomic E-state index is 0.0212. The number of nitrogens with one attached hydrogen (secondary N) is 1. The van der Waals surface area contributed by atoms with Crippen molar-refractivity contribution >= 4 is 27.6 Å². The number of carbonyl (C=O) groups is 1. The number of rotatable bonds is 8. The highest BCUT2D eigenvalue weighted by Crippen LogP contribution is 2.17. The molecule has 29 heavy (non-hydrogen) atoms. The van der Waals surface area contributed by atoms with Gasteiger partial charge in [-0.2, -0.15) is 4.98 Å². The van der Waals surface area contributed by atoms with Crippen molar-refractivity contribution in [3.05, 3.63) is 65.0 Å². The zero-order valence-corrected chi connectivity index (χ0v) is 17.0. The Hall–Kier alpha value is -2.75. The van der Waals surface area contributed by atoms with E-state index in [4.69, 9.17) is 20.9 Å². The van der Waals surface area contributed by atoms with E-state index in [1.165, 1.54) is 18.2 Å². The summed E-state index contributed by atoms with van der Waals surface area (Å²) >= 11 is 5.80. The van der Waals surface area contributed by atoms with Gasteiger partial charge < -0.3 is 9.26 Å². The molecule has 0 radical (unpaired) electrons. The van der Waals surface area contributed by atoms with Crippen LogP contribution in [0.3, 0.4) is 0 Å². The molecule has 0 aliphatic rings. The molecule has 0 fully saturated rings. The number of hydrogen-bond donors (Lipinski definition) is 1. The molecule has 0 amide bonds. The van der Waals surface area contributed by atoms with E-state index >= 15 is 0 Å². The molecule has 0 unspecified atom stereocenters. The summed E-state index contributed by atoms with van der Waals surface area (Å²) in [5.41, 5.74) is 1.89. The van der Waals surface area contributed by atoms with Crippen LogP contribution >= 0.6 is 11.6 Å². The molecule has 0 saturated heterocycles. The molecule has 3 aromatic rings. The Bertz CT molecular complexity index is 1100. The SMILES string of the molecule is Cc1ccc(-c2noc(COC(=O)CCNS(=O)(=O)c3cccc(Cl)c3)n2)cc1. The van der Waals surface area contributed by atoms with Crippen LogP contribution in [0, 0.1) is 6.92 Å². The molecule has 1 heterocycles. The van der Waals surface area contributed by atoms with Crippen molar-refractivity contribution in [2.45, 2.75) is 24.8 Å². The molecule has 0 aliphatic heterocycles. The molecule has 2 aromatic carbocycles. The number of aryl methyl sites for hydroxylation is 1. The van der Waals surface area contributed by atoms with Gasteiger partial charge in [0.05, 0.1) is 11.3 Å². The smallest absolute Gasteiger partial charge is 0.307 e. The number of benzene rings is 2. The van der Waals surface area contributed by atoms with Gasteiger partial charge in [-0.15, -0.1) is 0 Å². The molecule has 8 nitrogen and oxygen atoms in total. The fraction of sp³-hybridized carbons (Fsp3) is 0.211. The number of sulfonamides is 1. The van der Waals surface area contributed by atoms with Crippen LogP contribution in [0.25, 0.3) is 11.4 Å². The third kappa shape index (κ3) is 5.86. The van der Waals surface area contributed by atoms with Gasteiger partial charge in [0.1, 0.15) is 0 Å². The lowest BCUT2D eigenvalue weighted by Crippen LogP contribution is -2.26. The van der Waals surface area contributed by atoms with Gasteiger partial charge in [0.25, 0.3) is 5.89 Å². The van der Waals surface area contributed by atoms with Gasteiger partial charge in [-0.1, -0.05) is 52.7 Å². The predicted molar refractivity (Wildman–Crippen MR) is 106 cm³/mol. The summed E-state index contributed by atoms with van der Waals surface area (Å²) < 4.78 is 36.7. The van der Waals surface area contributed by atoms with E-state index in [0.717, 1.165) is 11.1 Å². The summed E-state index contributed by atoms with van der Waals surface area (Å²) in [6.45, 7) is 1.66. The fourth-order valence-electron chi connectivity index (χ4n) is 2.35. The zero-order valence-electron chi connectivity index (χ0n) is 15.5. The minimum atomic E-state index is -3.76. The van der Waals surface area contributed by atoms with Crippen molar-refractivity contribution in [1.29, 1.82) is 0 Å². The van der Waals surface area contributed by atoms with Crippen LogP contribution in [-0.2, 0) is 26.2 Å². The second kappa shape index (κ2) is 9.17. The summed E-state index contributed by atoms with van der Waals surface area (Å²) in [5.74, 6) is -0.0624. The van der Waals surface area contributed by atoms with Gasteiger partial charge in [-0.3, -0.25) is 4.79 Å². The van der Waals surface area contributed by atoms with Gasteiger partial charge in [0.15, 0.2) is 6.61 Å². The number of nitrogens with zero attached hydrogens (tertiary/aromatic N) is 2. The fourth-order valence-corrected chi connectivity index (χ4v) is 3.69. The highest BCUT2D eigenvalue weighted by Gasteiger charge is 2.16. The summed E-state index contributed by atoms with van der Waals surface area (Å²) in [7, 11) is -3.76.